The number of carbonyl (C=O) groups excluding carboxylic acids is 1. The molecular formula is C14H20N4O3. The third-order valence-electron chi connectivity index (χ3n) is 4.78. The minimum Gasteiger partial charge on any atom is -0.481 e. The van der Waals surface area contributed by atoms with Crippen molar-refractivity contribution in [3.05, 3.63) is 18.2 Å². The van der Waals surface area contributed by atoms with Crippen LogP contribution in [-0.2, 0) is 4.79 Å². The number of aromatic amines is 1. The highest BCUT2D eigenvalue weighted by molar-refractivity contribution is 5.77. The second-order valence-electron chi connectivity index (χ2n) is 6.04. The smallest absolute Gasteiger partial charge is 0.315 e. The first-order chi connectivity index (χ1) is 10.1. The molecule has 7 heteroatoms. The molecule has 3 rings (SSSR count). The maximum absolute atomic E-state index is 12.1. The number of hydrogen-bond donors (Lipinski definition) is 4. The maximum atomic E-state index is 12.1. The molecule has 2 saturated carbocycles. The fourth-order valence-corrected chi connectivity index (χ4v) is 3.83. The van der Waals surface area contributed by atoms with Gasteiger partial charge in [-0.25, -0.2) is 9.78 Å². The summed E-state index contributed by atoms with van der Waals surface area (Å²) in [6.45, 7) is 1.83. The topological polar surface area (TPSA) is 107 Å². The number of carbonyl (C=O) groups is 2. The molecule has 2 aliphatic carbocycles. The lowest BCUT2D eigenvalue weighted by atomic mass is 9.84. The number of imidazole rings is 1. The van der Waals surface area contributed by atoms with Gasteiger partial charge in [-0.05, 0) is 38.0 Å². The van der Waals surface area contributed by atoms with Crippen molar-refractivity contribution in [3.63, 3.8) is 0 Å². The summed E-state index contributed by atoms with van der Waals surface area (Å²) >= 11 is 0. The Morgan fingerprint density at radius 3 is 2.86 bits per heavy atom. The number of amides is 2. The number of nitrogens with zero attached hydrogens (tertiary/aromatic N) is 1. The summed E-state index contributed by atoms with van der Waals surface area (Å²) in [4.78, 5) is 30.5. The molecule has 2 bridgehead atoms. The van der Waals surface area contributed by atoms with E-state index in [0.29, 0.717) is 11.7 Å². The van der Waals surface area contributed by atoms with Crippen molar-refractivity contribution >= 4 is 12.0 Å². The van der Waals surface area contributed by atoms with Crippen molar-refractivity contribution in [1.29, 1.82) is 0 Å². The molecule has 1 heterocycles. The van der Waals surface area contributed by atoms with Crippen molar-refractivity contribution in [2.24, 2.45) is 17.8 Å². The largest absolute Gasteiger partial charge is 0.481 e. The number of aliphatic carboxylic acids is 1. The first-order valence-electron chi connectivity index (χ1n) is 7.35. The quantitative estimate of drug-likeness (QED) is 0.670. The molecule has 2 fully saturated rings. The van der Waals surface area contributed by atoms with Crippen LogP contribution in [0.25, 0.3) is 0 Å². The number of aromatic nitrogens is 2. The van der Waals surface area contributed by atoms with Crippen molar-refractivity contribution in [2.45, 2.75) is 38.3 Å². The summed E-state index contributed by atoms with van der Waals surface area (Å²) in [6, 6.07) is -0.838. The van der Waals surface area contributed by atoms with Crippen LogP contribution in [0.3, 0.4) is 0 Å². The maximum Gasteiger partial charge on any atom is 0.315 e. The predicted octanol–water partition coefficient (Wildman–Crippen LogP) is 1.27. The Balaban J connectivity index is 1.60. The molecular weight excluding hydrogens is 272 g/mol. The highest BCUT2D eigenvalue weighted by atomic mass is 16.4. The van der Waals surface area contributed by atoms with Gasteiger partial charge in [-0.3, -0.25) is 4.79 Å². The lowest BCUT2D eigenvalue weighted by Gasteiger charge is -2.29. The van der Waals surface area contributed by atoms with Crippen LogP contribution >= 0.6 is 0 Å². The molecule has 0 aromatic carbocycles. The van der Waals surface area contributed by atoms with Crippen LogP contribution in [0.5, 0.6) is 0 Å². The molecule has 2 amide bonds. The highest BCUT2D eigenvalue weighted by Gasteiger charge is 2.51. The molecule has 0 spiro atoms. The Kier molecular flexibility index (Phi) is 3.57. The number of rotatable bonds is 4. The Labute approximate surface area is 122 Å². The Morgan fingerprint density at radius 2 is 2.19 bits per heavy atom. The molecule has 0 radical (unpaired) electrons. The van der Waals surface area contributed by atoms with E-state index < -0.39 is 11.9 Å². The zero-order chi connectivity index (χ0) is 15.0. The highest BCUT2D eigenvalue weighted by Crippen LogP contribution is 2.48. The van der Waals surface area contributed by atoms with Crippen LogP contribution in [0.2, 0.25) is 0 Å². The van der Waals surface area contributed by atoms with Gasteiger partial charge in [-0.2, -0.15) is 0 Å². The van der Waals surface area contributed by atoms with Gasteiger partial charge in [-0.15, -0.1) is 0 Å². The number of H-pyrrole nitrogens is 1. The van der Waals surface area contributed by atoms with Crippen LogP contribution in [0.4, 0.5) is 4.79 Å². The van der Waals surface area contributed by atoms with Gasteiger partial charge in [0.25, 0.3) is 0 Å². The van der Waals surface area contributed by atoms with Gasteiger partial charge in [0.2, 0.25) is 0 Å². The van der Waals surface area contributed by atoms with Crippen molar-refractivity contribution < 1.29 is 14.7 Å². The minimum absolute atomic E-state index is 0.209. The van der Waals surface area contributed by atoms with E-state index in [4.69, 9.17) is 0 Å². The van der Waals surface area contributed by atoms with E-state index in [0.717, 1.165) is 19.3 Å². The molecule has 2 aliphatic rings. The first kappa shape index (κ1) is 13.9. The zero-order valence-corrected chi connectivity index (χ0v) is 11.9. The van der Waals surface area contributed by atoms with Crippen LogP contribution in [0, 0.1) is 17.8 Å². The fraction of sp³-hybridized carbons (Fsp3) is 0.643. The number of carboxylic acid groups (broad SMARTS) is 1. The SMILES string of the molecule is CC(NC(=O)NC1C2CCC(C2)C1C(=O)O)c1ncc[nH]1. The summed E-state index contributed by atoms with van der Waals surface area (Å²) in [5.74, 6) is -0.0751. The Hall–Kier alpha value is -2.05. The van der Waals surface area contributed by atoms with E-state index in [1.165, 1.54) is 0 Å². The third kappa shape index (κ3) is 2.59. The first-order valence-corrected chi connectivity index (χ1v) is 7.35. The number of carboxylic acids is 1. The second kappa shape index (κ2) is 5.38. The second-order valence-corrected chi connectivity index (χ2v) is 6.04. The zero-order valence-electron chi connectivity index (χ0n) is 11.9. The van der Waals surface area contributed by atoms with Crippen molar-refractivity contribution in [2.75, 3.05) is 0 Å². The fourth-order valence-electron chi connectivity index (χ4n) is 3.83. The van der Waals surface area contributed by atoms with Crippen LogP contribution in [-0.4, -0.2) is 33.1 Å². The molecule has 4 N–H and O–H groups in total. The standard InChI is InChI=1S/C14H20N4O3/c1-7(12-15-4-5-16-12)17-14(21)18-11-9-3-2-8(6-9)10(11)13(19)20/h4-5,7-11H,2-3,6H2,1H3,(H,15,16)(H,19,20)(H2,17,18,21). The van der Waals surface area contributed by atoms with E-state index in [1.807, 2.05) is 6.92 Å². The van der Waals surface area contributed by atoms with Crippen LogP contribution in [0.15, 0.2) is 12.4 Å². The Bertz CT molecular complexity index is 530. The normalized spacial score (nSPS) is 31.9. The summed E-state index contributed by atoms with van der Waals surface area (Å²) in [6.07, 6.45) is 6.20. The number of fused-ring (bicyclic) bond motifs is 2. The minimum atomic E-state index is -0.799. The van der Waals surface area contributed by atoms with E-state index in [9.17, 15) is 14.7 Å². The predicted molar refractivity (Wildman–Crippen MR) is 74.4 cm³/mol. The molecule has 1 aromatic rings. The third-order valence-corrected chi connectivity index (χ3v) is 4.78. The molecule has 0 aliphatic heterocycles. The van der Waals surface area contributed by atoms with Gasteiger partial charge in [-0.1, -0.05) is 0 Å². The number of urea groups is 1. The molecule has 5 unspecified atom stereocenters. The van der Waals surface area contributed by atoms with Gasteiger partial charge in [0.1, 0.15) is 5.82 Å². The van der Waals surface area contributed by atoms with E-state index in [1.54, 1.807) is 12.4 Å². The molecule has 7 nitrogen and oxygen atoms in total. The lowest BCUT2D eigenvalue weighted by Crippen LogP contribution is -2.50. The summed E-state index contributed by atoms with van der Waals surface area (Å²) in [7, 11) is 0. The lowest BCUT2D eigenvalue weighted by molar-refractivity contribution is -0.144. The van der Waals surface area contributed by atoms with Gasteiger partial charge in [0, 0.05) is 18.4 Å². The van der Waals surface area contributed by atoms with E-state index in [-0.39, 0.29) is 24.0 Å². The van der Waals surface area contributed by atoms with Crippen LogP contribution < -0.4 is 10.6 Å². The number of hydrogen-bond acceptors (Lipinski definition) is 3. The van der Waals surface area contributed by atoms with E-state index >= 15 is 0 Å². The van der Waals surface area contributed by atoms with Crippen LogP contribution in [0.1, 0.15) is 38.1 Å². The van der Waals surface area contributed by atoms with Gasteiger partial charge < -0.3 is 20.7 Å². The Morgan fingerprint density at radius 1 is 1.43 bits per heavy atom. The summed E-state index contributed by atoms with van der Waals surface area (Å²) in [5.41, 5.74) is 0. The molecule has 0 saturated heterocycles. The summed E-state index contributed by atoms with van der Waals surface area (Å²) < 4.78 is 0. The average molecular weight is 292 g/mol. The van der Waals surface area contributed by atoms with Gasteiger partial charge in [0.05, 0.1) is 12.0 Å². The molecule has 21 heavy (non-hydrogen) atoms. The van der Waals surface area contributed by atoms with Gasteiger partial charge in [0.15, 0.2) is 0 Å². The van der Waals surface area contributed by atoms with Gasteiger partial charge >= 0.3 is 12.0 Å². The monoisotopic (exact) mass is 292 g/mol. The summed E-state index contributed by atoms with van der Waals surface area (Å²) in [5, 5.41) is 15.0. The number of nitrogens with one attached hydrogen (secondary N) is 3. The molecule has 1 aromatic heterocycles. The average Bonchev–Trinajstić information content (AvgIpc) is 3.15. The van der Waals surface area contributed by atoms with E-state index in [2.05, 4.69) is 20.6 Å². The molecule has 114 valence electrons. The van der Waals surface area contributed by atoms with Crippen molar-refractivity contribution in [1.82, 2.24) is 20.6 Å². The van der Waals surface area contributed by atoms with Crippen molar-refractivity contribution in [3.8, 4) is 0 Å². The molecule has 5 atom stereocenters.